The molecule has 0 bridgehead atoms. The average molecular weight is 248 g/mol. The smallest absolute Gasteiger partial charge is 0.275 e. The Labute approximate surface area is 100 Å². The van der Waals surface area contributed by atoms with Gasteiger partial charge in [0.25, 0.3) is 5.78 Å². The zero-order valence-electron chi connectivity index (χ0n) is 8.89. The Bertz CT molecular complexity index is 652. The van der Waals surface area contributed by atoms with Crippen molar-refractivity contribution in [2.75, 3.05) is 6.26 Å². The Balaban J connectivity index is 1.98. The minimum Gasteiger partial charge on any atom is -0.463 e. The Hall–Kier alpha value is -2.09. The molecule has 0 radical (unpaired) electrons. The van der Waals surface area contributed by atoms with E-state index in [9.17, 15) is 0 Å². The largest absolute Gasteiger partial charge is 0.463 e. The van der Waals surface area contributed by atoms with Crippen LogP contribution in [0.3, 0.4) is 0 Å². The first-order valence-corrected chi connectivity index (χ1v) is 6.01. The molecule has 7 nitrogen and oxygen atoms in total. The van der Waals surface area contributed by atoms with Gasteiger partial charge >= 0.3 is 0 Å². The lowest BCUT2D eigenvalue weighted by Gasteiger charge is -1.88. The number of nitrogens with zero attached hydrogens (tertiary/aromatic N) is 6. The topological polar surface area (TPSA) is 73.5 Å². The van der Waals surface area contributed by atoms with E-state index in [-0.39, 0.29) is 0 Å². The van der Waals surface area contributed by atoms with Gasteiger partial charge in [0, 0.05) is 0 Å². The number of fused-ring (bicyclic) bond motifs is 1. The molecule has 3 aromatic rings. The molecular weight excluding hydrogens is 240 g/mol. The highest BCUT2D eigenvalue weighted by Crippen LogP contribution is 2.12. The van der Waals surface area contributed by atoms with Crippen molar-refractivity contribution in [3.8, 4) is 0 Å². The van der Waals surface area contributed by atoms with Crippen molar-refractivity contribution < 1.29 is 4.42 Å². The van der Waals surface area contributed by atoms with Gasteiger partial charge in [-0.15, -0.1) is 10.2 Å². The van der Waals surface area contributed by atoms with Gasteiger partial charge in [-0.05, 0) is 18.4 Å². The fraction of sp³-hybridized carbons (Fsp3) is 0.111. The molecule has 8 heteroatoms. The monoisotopic (exact) mass is 248 g/mol. The van der Waals surface area contributed by atoms with Crippen LogP contribution in [0.25, 0.3) is 5.78 Å². The lowest BCUT2D eigenvalue weighted by Crippen LogP contribution is -1.90. The maximum atomic E-state index is 5.14. The Morgan fingerprint density at radius 3 is 3.18 bits per heavy atom. The summed E-state index contributed by atoms with van der Waals surface area (Å²) < 4.78 is 8.31. The van der Waals surface area contributed by atoms with E-state index in [4.69, 9.17) is 4.42 Å². The molecule has 0 unspecified atom stereocenters. The molecule has 0 fully saturated rings. The molecule has 0 aliphatic heterocycles. The van der Waals surface area contributed by atoms with Gasteiger partial charge in [0.05, 0.1) is 12.5 Å². The van der Waals surface area contributed by atoms with Gasteiger partial charge in [0.2, 0.25) is 5.16 Å². The van der Waals surface area contributed by atoms with Crippen molar-refractivity contribution in [2.45, 2.75) is 5.16 Å². The first kappa shape index (κ1) is 10.1. The molecule has 0 aromatic carbocycles. The first-order chi connectivity index (χ1) is 8.38. The van der Waals surface area contributed by atoms with E-state index >= 15 is 0 Å². The number of aromatic nitrogens is 5. The molecule has 0 saturated carbocycles. The highest BCUT2D eigenvalue weighted by Gasteiger charge is 2.09. The molecule has 17 heavy (non-hydrogen) atoms. The molecule has 0 spiro atoms. The number of hydrogen-bond donors (Lipinski definition) is 0. The van der Waals surface area contributed by atoms with Gasteiger partial charge in [-0.1, -0.05) is 11.8 Å². The van der Waals surface area contributed by atoms with Gasteiger partial charge < -0.3 is 4.42 Å². The van der Waals surface area contributed by atoms with E-state index in [1.165, 1.54) is 16.4 Å². The van der Waals surface area contributed by atoms with Gasteiger partial charge in [-0.2, -0.15) is 19.4 Å². The van der Waals surface area contributed by atoms with Crippen molar-refractivity contribution >= 4 is 23.8 Å². The molecule has 3 heterocycles. The second-order valence-corrected chi connectivity index (χ2v) is 3.91. The summed E-state index contributed by atoms with van der Waals surface area (Å²) in [5.41, 5.74) is 0. The molecule has 0 atom stereocenters. The summed E-state index contributed by atoms with van der Waals surface area (Å²) >= 11 is 1.48. The van der Waals surface area contributed by atoms with Crippen LogP contribution in [0.2, 0.25) is 0 Å². The normalized spacial score (nSPS) is 11.8. The van der Waals surface area contributed by atoms with Crippen molar-refractivity contribution in [1.82, 2.24) is 24.5 Å². The SMILES string of the molecule is CSc1nnc2n(/N=C/c3ccco3)cnn12. The van der Waals surface area contributed by atoms with E-state index in [0.717, 1.165) is 5.16 Å². The van der Waals surface area contributed by atoms with Crippen molar-refractivity contribution in [1.29, 1.82) is 0 Å². The average Bonchev–Trinajstić information content (AvgIpc) is 3.04. The third-order valence-electron chi connectivity index (χ3n) is 2.11. The highest BCUT2D eigenvalue weighted by molar-refractivity contribution is 7.98. The standard InChI is InChI=1S/C9H8N6OS/c1-17-9-13-12-8-14(6-11-15(8)9)10-5-7-3-2-4-16-7/h2-6H,1H3/b10-5+. The predicted octanol–water partition coefficient (Wildman–Crippen LogP) is 1.12. The molecule has 0 saturated heterocycles. The van der Waals surface area contributed by atoms with Gasteiger partial charge in [0.1, 0.15) is 12.1 Å². The maximum Gasteiger partial charge on any atom is 0.275 e. The molecule has 0 aliphatic rings. The van der Waals surface area contributed by atoms with E-state index in [0.29, 0.717) is 11.5 Å². The second kappa shape index (κ2) is 4.06. The van der Waals surface area contributed by atoms with Gasteiger partial charge in [-0.25, -0.2) is 0 Å². The molecule has 86 valence electrons. The number of rotatable bonds is 3. The lowest BCUT2D eigenvalue weighted by atomic mass is 10.5. The summed E-state index contributed by atoms with van der Waals surface area (Å²) in [5.74, 6) is 1.23. The number of hydrogen-bond acceptors (Lipinski definition) is 6. The van der Waals surface area contributed by atoms with Crippen molar-refractivity contribution in [3.05, 3.63) is 30.5 Å². The molecule has 3 aromatic heterocycles. The zero-order valence-corrected chi connectivity index (χ0v) is 9.70. The number of furan rings is 1. The fourth-order valence-corrected chi connectivity index (χ4v) is 1.77. The Kier molecular flexibility index (Phi) is 2.41. The molecule has 0 N–H and O–H groups in total. The zero-order chi connectivity index (χ0) is 11.7. The van der Waals surface area contributed by atoms with E-state index in [2.05, 4.69) is 20.4 Å². The maximum absolute atomic E-state index is 5.14. The predicted molar refractivity (Wildman–Crippen MR) is 62.3 cm³/mol. The third-order valence-corrected chi connectivity index (χ3v) is 2.73. The minimum atomic E-state index is 0.567. The third kappa shape index (κ3) is 1.72. The van der Waals surface area contributed by atoms with Crippen LogP contribution < -0.4 is 0 Å². The van der Waals surface area contributed by atoms with E-state index in [1.807, 2.05) is 12.3 Å². The molecular formula is C9H8N6OS. The summed E-state index contributed by atoms with van der Waals surface area (Å²) in [6, 6.07) is 3.61. The molecule has 0 aliphatic carbocycles. The van der Waals surface area contributed by atoms with Crippen LogP contribution in [-0.2, 0) is 0 Å². The van der Waals surface area contributed by atoms with Crippen molar-refractivity contribution in [2.24, 2.45) is 5.10 Å². The van der Waals surface area contributed by atoms with E-state index < -0.39 is 0 Å². The Morgan fingerprint density at radius 1 is 1.47 bits per heavy atom. The summed E-state index contributed by atoms with van der Waals surface area (Å²) in [6.07, 6.45) is 6.67. The number of thioether (sulfide) groups is 1. The van der Waals surface area contributed by atoms with Crippen LogP contribution in [0.15, 0.2) is 39.4 Å². The van der Waals surface area contributed by atoms with Crippen LogP contribution in [0.5, 0.6) is 0 Å². The first-order valence-electron chi connectivity index (χ1n) is 4.79. The van der Waals surface area contributed by atoms with Crippen LogP contribution in [0.1, 0.15) is 5.76 Å². The van der Waals surface area contributed by atoms with Gasteiger partial charge in [0.15, 0.2) is 0 Å². The highest BCUT2D eigenvalue weighted by atomic mass is 32.2. The fourth-order valence-electron chi connectivity index (χ4n) is 1.35. The summed E-state index contributed by atoms with van der Waals surface area (Å²) in [7, 11) is 0. The van der Waals surface area contributed by atoms with Crippen LogP contribution in [0.4, 0.5) is 0 Å². The quantitative estimate of drug-likeness (QED) is 0.513. The Morgan fingerprint density at radius 2 is 2.41 bits per heavy atom. The van der Waals surface area contributed by atoms with Crippen LogP contribution in [0, 0.1) is 0 Å². The molecule has 3 rings (SSSR count). The minimum absolute atomic E-state index is 0.567. The second-order valence-electron chi connectivity index (χ2n) is 3.13. The molecule has 0 amide bonds. The van der Waals surface area contributed by atoms with Gasteiger partial charge in [-0.3, -0.25) is 0 Å². The summed E-state index contributed by atoms with van der Waals surface area (Å²) in [6.45, 7) is 0. The summed E-state index contributed by atoms with van der Waals surface area (Å²) in [5, 5.41) is 17.0. The summed E-state index contributed by atoms with van der Waals surface area (Å²) in [4.78, 5) is 0. The van der Waals surface area contributed by atoms with Crippen molar-refractivity contribution in [3.63, 3.8) is 0 Å². The van der Waals surface area contributed by atoms with Crippen LogP contribution in [-0.4, -0.2) is 37.0 Å². The van der Waals surface area contributed by atoms with Crippen LogP contribution >= 0.6 is 11.8 Å². The lowest BCUT2D eigenvalue weighted by molar-refractivity contribution is 0.559. The van der Waals surface area contributed by atoms with E-state index in [1.54, 1.807) is 29.4 Å².